The molecule has 108 valence electrons. The van der Waals surface area contributed by atoms with E-state index in [-0.39, 0.29) is 4.21 Å². The second-order valence-corrected chi connectivity index (χ2v) is 8.74. The van der Waals surface area contributed by atoms with Crippen LogP contribution in [0.2, 0.25) is 10.0 Å². The standard InChI is InChI=1S/C11H8BrCl2NO3S2/c1-18-9-4-6(2-3-7(9)13)15-20(16,17)10-5-8(14)11(12)19-10/h2-5,15H,1H3. The van der Waals surface area contributed by atoms with Gasteiger partial charge in [0.15, 0.2) is 0 Å². The molecule has 0 bridgehead atoms. The van der Waals surface area contributed by atoms with Gasteiger partial charge in [0.1, 0.15) is 9.96 Å². The summed E-state index contributed by atoms with van der Waals surface area (Å²) in [6, 6.07) is 5.98. The Morgan fingerprint density at radius 2 is 1.95 bits per heavy atom. The summed E-state index contributed by atoms with van der Waals surface area (Å²) >= 11 is 15.9. The highest BCUT2D eigenvalue weighted by Gasteiger charge is 2.19. The van der Waals surface area contributed by atoms with Crippen LogP contribution in [0.25, 0.3) is 0 Å². The highest BCUT2D eigenvalue weighted by Crippen LogP contribution is 2.36. The second-order valence-electron chi connectivity index (χ2n) is 3.64. The molecular weight excluding hydrogens is 409 g/mol. The molecular formula is C11H8BrCl2NO3S2. The quantitative estimate of drug-likeness (QED) is 0.790. The normalized spacial score (nSPS) is 11.4. The molecule has 0 amide bonds. The van der Waals surface area contributed by atoms with Gasteiger partial charge in [0.05, 0.1) is 26.6 Å². The molecule has 20 heavy (non-hydrogen) atoms. The SMILES string of the molecule is COc1cc(NS(=O)(=O)c2cc(Cl)c(Br)s2)ccc1Cl. The number of hydrogen-bond donors (Lipinski definition) is 1. The highest BCUT2D eigenvalue weighted by atomic mass is 79.9. The number of halogens is 3. The molecule has 0 aliphatic carbocycles. The number of sulfonamides is 1. The van der Waals surface area contributed by atoms with E-state index in [4.69, 9.17) is 27.9 Å². The third kappa shape index (κ3) is 3.40. The number of thiophene rings is 1. The van der Waals surface area contributed by atoms with E-state index >= 15 is 0 Å². The smallest absolute Gasteiger partial charge is 0.271 e. The molecule has 1 aromatic carbocycles. The minimum atomic E-state index is -3.70. The number of hydrogen-bond acceptors (Lipinski definition) is 4. The summed E-state index contributed by atoms with van der Waals surface area (Å²) in [5.41, 5.74) is 0.354. The van der Waals surface area contributed by atoms with Crippen LogP contribution >= 0.6 is 50.5 Å². The van der Waals surface area contributed by atoms with Gasteiger partial charge >= 0.3 is 0 Å². The van der Waals surface area contributed by atoms with Crippen molar-refractivity contribution in [2.75, 3.05) is 11.8 Å². The fraction of sp³-hybridized carbons (Fsp3) is 0.0909. The van der Waals surface area contributed by atoms with Crippen LogP contribution < -0.4 is 9.46 Å². The Morgan fingerprint density at radius 1 is 1.25 bits per heavy atom. The van der Waals surface area contributed by atoms with Crippen molar-refractivity contribution in [1.29, 1.82) is 0 Å². The predicted molar refractivity (Wildman–Crippen MR) is 85.8 cm³/mol. The number of ether oxygens (including phenoxy) is 1. The van der Waals surface area contributed by atoms with Gasteiger partial charge in [0.25, 0.3) is 10.0 Å². The van der Waals surface area contributed by atoms with Gasteiger partial charge < -0.3 is 4.74 Å². The lowest BCUT2D eigenvalue weighted by atomic mass is 10.3. The Labute approximate surface area is 138 Å². The molecule has 2 aromatic rings. The zero-order valence-corrected chi connectivity index (χ0v) is 14.7. The lowest BCUT2D eigenvalue weighted by Gasteiger charge is -2.08. The average Bonchev–Trinajstić information content (AvgIpc) is 2.72. The maximum Gasteiger partial charge on any atom is 0.271 e. The molecule has 0 unspecified atom stereocenters. The number of methoxy groups -OCH3 is 1. The third-order valence-electron chi connectivity index (χ3n) is 2.29. The van der Waals surface area contributed by atoms with Gasteiger partial charge in [0, 0.05) is 6.07 Å². The zero-order chi connectivity index (χ0) is 14.9. The first-order chi connectivity index (χ1) is 9.33. The van der Waals surface area contributed by atoms with Crippen molar-refractivity contribution in [3.63, 3.8) is 0 Å². The molecule has 1 N–H and O–H groups in total. The first kappa shape index (κ1) is 15.9. The predicted octanol–water partition coefficient (Wildman–Crippen LogP) is 4.63. The van der Waals surface area contributed by atoms with E-state index in [0.717, 1.165) is 11.3 Å². The van der Waals surface area contributed by atoms with Crippen LogP contribution in [-0.2, 0) is 10.0 Å². The van der Waals surface area contributed by atoms with Crippen molar-refractivity contribution in [3.05, 3.63) is 38.1 Å². The van der Waals surface area contributed by atoms with Gasteiger partial charge in [-0.2, -0.15) is 0 Å². The maximum absolute atomic E-state index is 12.2. The Kier molecular flexibility index (Phi) is 4.86. The van der Waals surface area contributed by atoms with Gasteiger partial charge in [-0.05, 0) is 34.1 Å². The van der Waals surface area contributed by atoms with E-state index in [9.17, 15) is 8.42 Å². The van der Waals surface area contributed by atoms with Gasteiger partial charge in [0.2, 0.25) is 0 Å². The summed E-state index contributed by atoms with van der Waals surface area (Å²) in [5, 5.41) is 0.751. The molecule has 1 heterocycles. The summed E-state index contributed by atoms with van der Waals surface area (Å²) in [4.78, 5) is 0. The molecule has 9 heteroatoms. The number of anilines is 1. The van der Waals surface area contributed by atoms with E-state index < -0.39 is 10.0 Å². The molecule has 1 aromatic heterocycles. The van der Waals surface area contributed by atoms with Crippen LogP contribution in [0, 0.1) is 0 Å². The topological polar surface area (TPSA) is 55.4 Å². The van der Waals surface area contributed by atoms with E-state index in [1.807, 2.05) is 0 Å². The van der Waals surface area contributed by atoms with Crippen LogP contribution in [0.5, 0.6) is 5.75 Å². The van der Waals surface area contributed by atoms with E-state index in [0.29, 0.717) is 25.3 Å². The summed E-state index contributed by atoms with van der Waals surface area (Å²) in [5.74, 6) is 0.386. The third-order valence-corrected chi connectivity index (χ3v) is 6.93. The van der Waals surface area contributed by atoms with Crippen LogP contribution in [0.3, 0.4) is 0 Å². The molecule has 0 saturated heterocycles. The first-order valence-corrected chi connectivity index (χ1v) is 8.99. The van der Waals surface area contributed by atoms with Crippen LogP contribution in [-0.4, -0.2) is 15.5 Å². The largest absolute Gasteiger partial charge is 0.495 e. The molecule has 0 atom stereocenters. The van der Waals surface area contributed by atoms with Crippen molar-refractivity contribution in [2.45, 2.75) is 4.21 Å². The zero-order valence-electron chi connectivity index (χ0n) is 9.98. The number of benzene rings is 1. The highest BCUT2D eigenvalue weighted by molar-refractivity contribution is 9.11. The monoisotopic (exact) mass is 415 g/mol. The number of rotatable bonds is 4. The summed E-state index contributed by atoms with van der Waals surface area (Å²) in [7, 11) is -2.24. The Bertz CT molecular complexity index is 727. The average molecular weight is 417 g/mol. The lowest BCUT2D eigenvalue weighted by Crippen LogP contribution is -2.11. The van der Waals surface area contributed by atoms with Crippen molar-refractivity contribution in [1.82, 2.24) is 0 Å². The minimum absolute atomic E-state index is 0.114. The van der Waals surface area contributed by atoms with Crippen LogP contribution in [0.4, 0.5) is 5.69 Å². The van der Waals surface area contributed by atoms with Gasteiger partial charge in [-0.1, -0.05) is 23.2 Å². The number of nitrogens with one attached hydrogen (secondary N) is 1. The van der Waals surface area contributed by atoms with Crippen molar-refractivity contribution in [3.8, 4) is 5.75 Å². The molecule has 0 radical (unpaired) electrons. The molecule has 0 aliphatic rings. The van der Waals surface area contributed by atoms with Gasteiger partial charge in [-0.3, -0.25) is 4.72 Å². The fourth-order valence-corrected chi connectivity index (χ4v) is 5.03. The van der Waals surface area contributed by atoms with Crippen molar-refractivity contribution >= 4 is 66.2 Å². The molecule has 4 nitrogen and oxygen atoms in total. The lowest BCUT2D eigenvalue weighted by molar-refractivity contribution is 0.415. The van der Waals surface area contributed by atoms with Crippen LogP contribution in [0.1, 0.15) is 0 Å². The second kappa shape index (κ2) is 6.11. The molecule has 2 rings (SSSR count). The van der Waals surface area contributed by atoms with Gasteiger partial charge in [-0.25, -0.2) is 8.42 Å². The fourth-order valence-electron chi connectivity index (χ4n) is 1.39. The summed E-state index contributed by atoms with van der Waals surface area (Å²) < 4.78 is 32.6. The van der Waals surface area contributed by atoms with E-state index in [1.54, 1.807) is 12.1 Å². The Balaban J connectivity index is 2.33. The molecule has 0 aliphatic heterocycles. The molecule has 0 saturated carbocycles. The summed E-state index contributed by atoms with van der Waals surface area (Å²) in [6.45, 7) is 0. The molecule has 0 spiro atoms. The van der Waals surface area contributed by atoms with E-state index in [1.165, 1.54) is 19.2 Å². The Morgan fingerprint density at radius 3 is 2.50 bits per heavy atom. The summed E-state index contributed by atoms with van der Waals surface area (Å²) in [6.07, 6.45) is 0. The maximum atomic E-state index is 12.2. The van der Waals surface area contributed by atoms with Crippen LogP contribution in [0.15, 0.2) is 32.3 Å². The molecule has 0 fully saturated rings. The van der Waals surface area contributed by atoms with Gasteiger partial charge in [-0.15, -0.1) is 11.3 Å². The van der Waals surface area contributed by atoms with E-state index in [2.05, 4.69) is 20.7 Å². The Hall–Kier alpha value is -0.470. The van der Waals surface area contributed by atoms with Crippen molar-refractivity contribution in [2.24, 2.45) is 0 Å². The first-order valence-electron chi connectivity index (χ1n) is 5.14. The van der Waals surface area contributed by atoms with Crippen molar-refractivity contribution < 1.29 is 13.2 Å². The minimum Gasteiger partial charge on any atom is -0.495 e.